The van der Waals surface area contributed by atoms with E-state index in [1.807, 2.05) is 80.9 Å². The fraction of sp³-hybridized carbons (Fsp3) is 0.174. The summed E-state index contributed by atoms with van der Waals surface area (Å²) in [5.41, 5.74) is 7.05. The predicted molar refractivity (Wildman–Crippen MR) is 117 cm³/mol. The standard InChI is InChI=1S/C23H23N3O2S/c1-15-9-10-26-14-22(24-23(26)11-15)19-7-5-17(3)21(13-19)25-29(27,28)20-8-6-16(2)18(4)12-20/h5-14,25H,1-4H3. The third kappa shape index (κ3) is 3.76. The smallest absolute Gasteiger partial charge is 0.261 e. The van der Waals surface area contributed by atoms with Gasteiger partial charge in [-0.05, 0) is 80.3 Å². The lowest BCUT2D eigenvalue weighted by Crippen LogP contribution is -2.14. The number of hydrogen-bond acceptors (Lipinski definition) is 3. The number of pyridine rings is 1. The zero-order chi connectivity index (χ0) is 20.8. The Hall–Kier alpha value is -3.12. The molecule has 0 aliphatic heterocycles. The first-order valence-electron chi connectivity index (χ1n) is 9.39. The fourth-order valence-corrected chi connectivity index (χ4v) is 4.41. The highest BCUT2D eigenvalue weighted by atomic mass is 32.2. The molecule has 148 valence electrons. The van der Waals surface area contributed by atoms with Gasteiger partial charge < -0.3 is 4.40 Å². The maximum atomic E-state index is 12.9. The Morgan fingerprint density at radius 1 is 0.862 bits per heavy atom. The highest BCUT2D eigenvalue weighted by Crippen LogP contribution is 2.27. The van der Waals surface area contributed by atoms with E-state index in [1.54, 1.807) is 12.1 Å². The molecular formula is C23H23N3O2S. The molecule has 2 aromatic heterocycles. The van der Waals surface area contributed by atoms with Crippen molar-refractivity contribution in [2.24, 2.45) is 0 Å². The number of aromatic nitrogens is 2. The van der Waals surface area contributed by atoms with Crippen LogP contribution in [0, 0.1) is 27.7 Å². The number of sulfonamides is 1. The van der Waals surface area contributed by atoms with Crippen LogP contribution < -0.4 is 4.72 Å². The Balaban J connectivity index is 1.71. The summed E-state index contributed by atoms with van der Waals surface area (Å²) in [5, 5.41) is 0. The van der Waals surface area contributed by atoms with Gasteiger partial charge in [0.05, 0.1) is 16.3 Å². The molecule has 0 bridgehead atoms. The first kappa shape index (κ1) is 19.2. The Morgan fingerprint density at radius 3 is 2.38 bits per heavy atom. The molecular weight excluding hydrogens is 382 g/mol. The molecule has 0 atom stereocenters. The minimum Gasteiger partial charge on any atom is -0.306 e. The van der Waals surface area contributed by atoms with Crippen LogP contribution in [0.1, 0.15) is 22.3 Å². The minimum absolute atomic E-state index is 0.258. The van der Waals surface area contributed by atoms with Gasteiger partial charge in [0.1, 0.15) is 5.65 Å². The van der Waals surface area contributed by atoms with Crippen molar-refractivity contribution in [1.29, 1.82) is 0 Å². The largest absolute Gasteiger partial charge is 0.306 e. The average Bonchev–Trinajstić information content (AvgIpc) is 3.08. The molecule has 2 heterocycles. The first-order valence-corrected chi connectivity index (χ1v) is 10.9. The van der Waals surface area contributed by atoms with E-state index in [0.717, 1.165) is 39.2 Å². The zero-order valence-corrected chi connectivity index (χ0v) is 17.7. The van der Waals surface area contributed by atoms with Gasteiger partial charge in [-0.1, -0.05) is 18.2 Å². The van der Waals surface area contributed by atoms with Crippen molar-refractivity contribution in [1.82, 2.24) is 9.38 Å². The van der Waals surface area contributed by atoms with Gasteiger partial charge in [0.15, 0.2) is 0 Å². The van der Waals surface area contributed by atoms with Crippen LogP contribution >= 0.6 is 0 Å². The third-order valence-corrected chi connectivity index (χ3v) is 6.55. The number of benzene rings is 2. The van der Waals surface area contributed by atoms with Crippen LogP contribution in [-0.2, 0) is 10.0 Å². The van der Waals surface area contributed by atoms with Gasteiger partial charge in [0, 0.05) is 18.0 Å². The Labute approximate surface area is 171 Å². The second kappa shape index (κ2) is 7.04. The lowest BCUT2D eigenvalue weighted by atomic mass is 10.1. The number of anilines is 1. The molecule has 5 nitrogen and oxygen atoms in total. The van der Waals surface area contributed by atoms with E-state index in [0.29, 0.717) is 5.69 Å². The Morgan fingerprint density at radius 2 is 1.62 bits per heavy atom. The van der Waals surface area contributed by atoms with Crippen molar-refractivity contribution < 1.29 is 8.42 Å². The summed E-state index contributed by atoms with van der Waals surface area (Å²) in [6.45, 7) is 7.78. The van der Waals surface area contributed by atoms with Crippen LogP contribution in [0.2, 0.25) is 0 Å². The quantitative estimate of drug-likeness (QED) is 0.518. The molecule has 0 spiro atoms. The van der Waals surface area contributed by atoms with Gasteiger partial charge in [0.25, 0.3) is 10.0 Å². The lowest BCUT2D eigenvalue weighted by Gasteiger charge is -2.13. The number of fused-ring (bicyclic) bond motifs is 1. The maximum Gasteiger partial charge on any atom is 0.261 e. The number of aryl methyl sites for hydroxylation is 4. The molecule has 6 heteroatoms. The van der Waals surface area contributed by atoms with E-state index >= 15 is 0 Å². The summed E-state index contributed by atoms with van der Waals surface area (Å²) in [7, 11) is -3.68. The van der Waals surface area contributed by atoms with Crippen LogP contribution in [0.5, 0.6) is 0 Å². The third-order valence-electron chi connectivity index (χ3n) is 5.18. The molecule has 0 saturated carbocycles. The molecule has 0 radical (unpaired) electrons. The second-order valence-electron chi connectivity index (χ2n) is 7.48. The van der Waals surface area contributed by atoms with Gasteiger partial charge in [-0.25, -0.2) is 13.4 Å². The summed E-state index contributed by atoms with van der Waals surface area (Å²) in [6, 6.07) is 14.9. The van der Waals surface area contributed by atoms with E-state index in [2.05, 4.69) is 9.71 Å². The van der Waals surface area contributed by atoms with Gasteiger partial charge in [-0.2, -0.15) is 0 Å². The summed E-state index contributed by atoms with van der Waals surface area (Å²) < 4.78 is 30.5. The van der Waals surface area contributed by atoms with E-state index in [1.165, 1.54) is 0 Å². The maximum absolute atomic E-state index is 12.9. The average molecular weight is 406 g/mol. The van der Waals surface area contributed by atoms with Gasteiger partial charge in [0.2, 0.25) is 0 Å². The number of nitrogens with one attached hydrogen (secondary N) is 1. The summed E-state index contributed by atoms with van der Waals surface area (Å²) in [5.74, 6) is 0. The van der Waals surface area contributed by atoms with Crippen LogP contribution in [0.4, 0.5) is 5.69 Å². The molecule has 0 saturated heterocycles. The number of nitrogens with zero attached hydrogens (tertiary/aromatic N) is 2. The molecule has 0 amide bonds. The molecule has 4 rings (SSSR count). The summed E-state index contributed by atoms with van der Waals surface area (Å²) in [6.07, 6.45) is 3.92. The molecule has 29 heavy (non-hydrogen) atoms. The van der Waals surface area contributed by atoms with Crippen molar-refractivity contribution in [3.63, 3.8) is 0 Å². The van der Waals surface area contributed by atoms with Crippen LogP contribution in [-0.4, -0.2) is 17.8 Å². The molecule has 0 aliphatic rings. The molecule has 0 fully saturated rings. The molecule has 0 unspecified atom stereocenters. The van der Waals surface area contributed by atoms with Gasteiger partial charge >= 0.3 is 0 Å². The number of rotatable bonds is 4. The summed E-state index contributed by atoms with van der Waals surface area (Å²) in [4.78, 5) is 4.93. The lowest BCUT2D eigenvalue weighted by molar-refractivity contribution is 0.601. The summed E-state index contributed by atoms with van der Waals surface area (Å²) >= 11 is 0. The molecule has 0 aliphatic carbocycles. The van der Waals surface area contributed by atoms with E-state index in [4.69, 9.17) is 0 Å². The molecule has 4 aromatic rings. The SMILES string of the molecule is Cc1ccn2cc(-c3ccc(C)c(NS(=O)(=O)c4ccc(C)c(C)c4)c3)nc2c1. The topological polar surface area (TPSA) is 63.5 Å². The first-order chi connectivity index (χ1) is 13.7. The highest BCUT2D eigenvalue weighted by molar-refractivity contribution is 7.92. The number of imidazole rings is 1. The van der Waals surface area contributed by atoms with E-state index in [-0.39, 0.29) is 4.90 Å². The van der Waals surface area contributed by atoms with Crippen molar-refractivity contribution in [3.8, 4) is 11.3 Å². The number of hydrogen-bond donors (Lipinski definition) is 1. The van der Waals surface area contributed by atoms with Crippen molar-refractivity contribution in [3.05, 3.63) is 83.2 Å². The van der Waals surface area contributed by atoms with Gasteiger partial charge in [-0.15, -0.1) is 0 Å². The van der Waals surface area contributed by atoms with Crippen LogP contribution in [0.15, 0.2) is 65.8 Å². The second-order valence-corrected chi connectivity index (χ2v) is 9.16. The normalized spacial score (nSPS) is 11.7. The Bertz CT molecular complexity index is 1340. The van der Waals surface area contributed by atoms with E-state index < -0.39 is 10.0 Å². The minimum atomic E-state index is -3.68. The van der Waals surface area contributed by atoms with Crippen molar-refractivity contribution in [2.45, 2.75) is 32.6 Å². The fourth-order valence-electron chi connectivity index (χ4n) is 3.20. The van der Waals surface area contributed by atoms with Gasteiger partial charge in [-0.3, -0.25) is 4.72 Å². The zero-order valence-electron chi connectivity index (χ0n) is 16.9. The molecule has 1 N–H and O–H groups in total. The van der Waals surface area contributed by atoms with E-state index in [9.17, 15) is 8.42 Å². The predicted octanol–water partition coefficient (Wildman–Crippen LogP) is 5.04. The van der Waals surface area contributed by atoms with Crippen LogP contribution in [0.25, 0.3) is 16.9 Å². The monoisotopic (exact) mass is 405 g/mol. The highest BCUT2D eigenvalue weighted by Gasteiger charge is 2.17. The van der Waals surface area contributed by atoms with Crippen molar-refractivity contribution >= 4 is 21.4 Å². The van der Waals surface area contributed by atoms with Crippen LogP contribution in [0.3, 0.4) is 0 Å². The Kier molecular flexibility index (Phi) is 4.67. The van der Waals surface area contributed by atoms with Crippen molar-refractivity contribution in [2.75, 3.05) is 4.72 Å². The molecule has 2 aromatic carbocycles.